The van der Waals surface area contributed by atoms with Gasteiger partial charge in [-0.15, -0.1) is 0 Å². The van der Waals surface area contributed by atoms with Crippen molar-refractivity contribution in [1.29, 1.82) is 0 Å². The minimum absolute atomic E-state index is 0.534. The average Bonchev–Trinajstić information content (AvgIpc) is 2.30. The van der Waals surface area contributed by atoms with E-state index in [-0.39, 0.29) is 0 Å². The third-order valence-electron chi connectivity index (χ3n) is 2.02. The van der Waals surface area contributed by atoms with E-state index in [1.165, 1.54) is 0 Å². The van der Waals surface area contributed by atoms with Gasteiger partial charge in [-0.1, -0.05) is 12.1 Å². The van der Waals surface area contributed by atoms with Gasteiger partial charge < -0.3 is 10.5 Å². The molecule has 76 valence electrons. The van der Waals surface area contributed by atoms with Crippen molar-refractivity contribution >= 4 is 5.69 Å². The maximum atomic E-state index is 5.58. The van der Waals surface area contributed by atoms with Crippen LogP contribution in [0.15, 0.2) is 48.8 Å². The van der Waals surface area contributed by atoms with E-state index in [0.29, 0.717) is 6.61 Å². The Kier molecular flexibility index (Phi) is 2.83. The number of rotatable bonds is 3. The first kappa shape index (κ1) is 9.52. The van der Waals surface area contributed by atoms with Crippen LogP contribution in [0.5, 0.6) is 5.75 Å². The van der Waals surface area contributed by atoms with E-state index in [9.17, 15) is 0 Å². The summed E-state index contributed by atoms with van der Waals surface area (Å²) in [6.07, 6.45) is 3.41. The first-order valence-corrected chi connectivity index (χ1v) is 4.72. The third-order valence-corrected chi connectivity index (χ3v) is 2.02. The molecule has 2 rings (SSSR count). The molecule has 0 atom stereocenters. The normalized spacial score (nSPS) is 9.87. The second kappa shape index (κ2) is 4.46. The summed E-state index contributed by atoms with van der Waals surface area (Å²) in [4.78, 5) is 3.97. The van der Waals surface area contributed by atoms with Crippen molar-refractivity contribution < 1.29 is 4.74 Å². The van der Waals surface area contributed by atoms with Crippen molar-refractivity contribution in [3.8, 4) is 5.75 Å². The van der Waals surface area contributed by atoms with Gasteiger partial charge in [-0.3, -0.25) is 4.98 Å². The molecule has 1 aromatic carbocycles. The van der Waals surface area contributed by atoms with Gasteiger partial charge >= 0.3 is 0 Å². The highest BCUT2D eigenvalue weighted by Gasteiger charge is 1.94. The van der Waals surface area contributed by atoms with Crippen molar-refractivity contribution in [2.45, 2.75) is 6.61 Å². The molecule has 0 aliphatic rings. The van der Waals surface area contributed by atoms with E-state index in [0.717, 1.165) is 17.0 Å². The summed E-state index contributed by atoms with van der Waals surface area (Å²) in [6.45, 7) is 0.534. The second-order valence-corrected chi connectivity index (χ2v) is 3.22. The van der Waals surface area contributed by atoms with Crippen LogP contribution in [0.1, 0.15) is 5.56 Å². The lowest BCUT2D eigenvalue weighted by Gasteiger charge is -2.05. The number of nitrogens with zero attached hydrogens (tertiary/aromatic N) is 1. The topological polar surface area (TPSA) is 48.1 Å². The van der Waals surface area contributed by atoms with E-state index in [1.807, 2.05) is 36.4 Å². The van der Waals surface area contributed by atoms with Crippen LogP contribution in [0.2, 0.25) is 0 Å². The molecule has 0 aliphatic carbocycles. The predicted octanol–water partition coefficient (Wildman–Crippen LogP) is 2.24. The molecule has 0 radical (unpaired) electrons. The molecule has 0 bridgehead atoms. The van der Waals surface area contributed by atoms with E-state index in [4.69, 9.17) is 10.5 Å². The fourth-order valence-corrected chi connectivity index (χ4v) is 1.21. The predicted molar refractivity (Wildman–Crippen MR) is 59.4 cm³/mol. The molecule has 0 amide bonds. The smallest absolute Gasteiger partial charge is 0.138 e. The molecular weight excluding hydrogens is 188 g/mol. The van der Waals surface area contributed by atoms with Crippen LogP contribution in [0.4, 0.5) is 5.69 Å². The number of pyridine rings is 1. The maximum Gasteiger partial charge on any atom is 0.138 e. The fourth-order valence-electron chi connectivity index (χ4n) is 1.21. The number of aromatic nitrogens is 1. The molecule has 0 unspecified atom stereocenters. The number of anilines is 1. The van der Waals surface area contributed by atoms with E-state index < -0.39 is 0 Å². The molecule has 2 aromatic rings. The van der Waals surface area contributed by atoms with Gasteiger partial charge in [0.2, 0.25) is 0 Å². The molecule has 0 spiro atoms. The number of nitrogens with two attached hydrogens (primary N) is 1. The Balaban J connectivity index is 1.96. The van der Waals surface area contributed by atoms with Crippen LogP contribution in [0.25, 0.3) is 0 Å². The van der Waals surface area contributed by atoms with Crippen molar-refractivity contribution in [3.05, 3.63) is 54.4 Å². The van der Waals surface area contributed by atoms with Crippen molar-refractivity contribution in [1.82, 2.24) is 4.98 Å². The quantitative estimate of drug-likeness (QED) is 0.773. The van der Waals surface area contributed by atoms with Gasteiger partial charge in [0.15, 0.2) is 0 Å². The van der Waals surface area contributed by atoms with Gasteiger partial charge in [-0.25, -0.2) is 0 Å². The fraction of sp³-hybridized carbons (Fsp3) is 0.0833. The summed E-state index contributed by atoms with van der Waals surface area (Å²) >= 11 is 0. The number of ether oxygens (including phenoxy) is 1. The lowest BCUT2D eigenvalue weighted by molar-refractivity contribution is 0.305. The highest BCUT2D eigenvalue weighted by molar-refractivity contribution is 5.39. The van der Waals surface area contributed by atoms with E-state index in [2.05, 4.69) is 4.98 Å². The minimum Gasteiger partial charge on any atom is -0.487 e. The first-order chi connectivity index (χ1) is 7.34. The van der Waals surface area contributed by atoms with Gasteiger partial charge in [0.05, 0.1) is 6.20 Å². The van der Waals surface area contributed by atoms with Gasteiger partial charge in [0.1, 0.15) is 12.4 Å². The largest absolute Gasteiger partial charge is 0.487 e. The Morgan fingerprint density at radius 3 is 2.60 bits per heavy atom. The summed E-state index contributed by atoms with van der Waals surface area (Å²) in [7, 11) is 0. The molecule has 0 aliphatic heterocycles. The Morgan fingerprint density at radius 1 is 1.13 bits per heavy atom. The zero-order valence-corrected chi connectivity index (χ0v) is 8.26. The van der Waals surface area contributed by atoms with Crippen LogP contribution in [-0.2, 0) is 6.61 Å². The van der Waals surface area contributed by atoms with Crippen LogP contribution in [0, 0.1) is 0 Å². The number of nitrogen functional groups attached to an aromatic ring is 1. The van der Waals surface area contributed by atoms with Gasteiger partial charge in [-0.2, -0.15) is 0 Å². The second-order valence-electron chi connectivity index (χ2n) is 3.22. The Hall–Kier alpha value is -2.03. The number of hydrogen-bond donors (Lipinski definition) is 1. The summed E-state index contributed by atoms with van der Waals surface area (Å²) in [6, 6.07) is 11.4. The van der Waals surface area contributed by atoms with Crippen LogP contribution in [-0.4, -0.2) is 4.98 Å². The first-order valence-electron chi connectivity index (χ1n) is 4.72. The molecule has 3 nitrogen and oxygen atoms in total. The zero-order chi connectivity index (χ0) is 10.5. The standard InChI is InChI=1S/C12H12N2O/c13-11-5-3-10(4-6-11)9-15-12-2-1-7-14-8-12/h1-8H,9,13H2. The van der Waals surface area contributed by atoms with Gasteiger partial charge in [-0.05, 0) is 29.8 Å². The van der Waals surface area contributed by atoms with Gasteiger partial charge in [0, 0.05) is 11.9 Å². The summed E-state index contributed by atoms with van der Waals surface area (Å²) in [5.74, 6) is 0.773. The molecule has 0 fully saturated rings. The highest BCUT2D eigenvalue weighted by Crippen LogP contribution is 2.11. The Morgan fingerprint density at radius 2 is 1.93 bits per heavy atom. The maximum absolute atomic E-state index is 5.58. The summed E-state index contributed by atoms with van der Waals surface area (Å²) in [5.41, 5.74) is 7.44. The van der Waals surface area contributed by atoms with Crippen molar-refractivity contribution in [3.63, 3.8) is 0 Å². The van der Waals surface area contributed by atoms with Gasteiger partial charge in [0.25, 0.3) is 0 Å². The minimum atomic E-state index is 0.534. The molecule has 1 heterocycles. The van der Waals surface area contributed by atoms with Crippen molar-refractivity contribution in [2.75, 3.05) is 5.73 Å². The lowest BCUT2D eigenvalue weighted by Crippen LogP contribution is -1.95. The molecule has 2 N–H and O–H groups in total. The monoisotopic (exact) mass is 200 g/mol. The van der Waals surface area contributed by atoms with Crippen molar-refractivity contribution in [2.24, 2.45) is 0 Å². The highest BCUT2D eigenvalue weighted by atomic mass is 16.5. The Bertz CT molecular complexity index is 411. The zero-order valence-electron chi connectivity index (χ0n) is 8.26. The van der Waals surface area contributed by atoms with Crippen LogP contribution < -0.4 is 10.5 Å². The molecule has 1 aromatic heterocycles. The number of hydrogen-bond acceptors (Lipinski definition) is 3. The third kappa shape index (κ3) is 2.71. The summed E-state index contributed by atoms with van der Waals surface area (Å²) in [5, 5.41) is 0. The van der Waals surface area contributed by atoms with E-state index >= 15 is 0 Å². The van der Waals surface area contributed by atoms with Crippen LogP contribution >= 0.6 is 0 Å². The SMILES string of the molecule is Nc1ccc(COc2cccnc2)cc1. The molecule has 3 heteroatoms. The summed E-state index contributed by atoms with van der Waals surface area (Å²) < 4.78 is 5.53. The van der Waals surface area contributed by atoms with Crippen LogP contribution in [0.3, 0.4) is 0 Å². The molecular formula is C12H12N2O. The number of benzene rings is 1. The molecule has 0 saturated carbocycles. The van der Waals surface area contributed by atoms with E-state index in [1.54, 1.807) is 12.4 Å². The average molecular weight is 200 g/mol. The molecule has 0 saturated heterocycles. The lowest BCUT2D eigenvalue weighted by atomic mass is 10.2. The molecule has 15 heavy (non-hydrogen) atoms. The Labute approximate surface area is 88.5 Å².